The Kier molecular flexibility index (Phi) is 3.36. The molecule has 0 radical (unpaired) electrons. The summed E-state index contributed by atoms with van der Waals surface area (Å²) < 4.78 is 5.53. The summed E-state index contributed by atoms with van der Waals surface area (Å²) in [5.41, 5.74) is 0.277. The Morgan fingerprint density at radius 2 is 1.92 bits per heavy atom. The van der Waals surface area contributed by atoms with E-state index >= 15 is 0 Å². The molecule has 1 aliphatic rings. The van der Waals surface area contributed by atoms with Crippen LogP contribution in [0.25, 0.3) is 0 Å². The number of nitrogens with zero attached hydrogens (tertiary/aromatic N) is 1. The van der Waals surface area contributed by atoms with Crippen LogP contribution in [0, 0.1) is 5.92 Å². The van der Waals surface area contributed by atoms with Gasteiger partial charge in [0, 0.05) is 18.1 Å². The Morgan fingerprint density at radius 1 is 1.31 bits per heavy atom. The van der Waals surface area contributed by atoms with Crippen LogP contribution in [0.3, 0.4) is 0 Å². The second kappa shape index (κ2) is 3.97. The highest BCUT2D eigenvalue weighted by atomic mass is 16.5. The van der Waals surface area contributed by atoms with Gasteiger partial charge >= 0.3 is 0 Å². The van der Waals surface area contributed by atoms with Crippen LogP contribution in [0.1, 0.15) is 34.6 Å². The van der Waals surface area contributed by atoms with E-state index in [1.807, 2.05) is 0 Å². The smallest absolute Gasteiger partial charge is 0.0625 e. The number of ether oxygens (including phenoxy) is 1. The first-order chi connectivity index (χ1) is 5.93. The number of hydrogen-bond donors (Lipinski definition) is 0. The number of morpholine rings is 1. The first kappa shape index (κ1) is 11.0. The van der Waals surface area contributed by atoms with E-state index < -0.39 is 0 Å². The standard InChI is InChI=1S/C11H23NO/c1-9(2)10-8-13-7-6-12(10)11(3,4)5/h9-10H,6-8H2,1-5H3/t10-/m1/s1. The summed E-state index contributed by atoms with van der Waals surface area (Å²) in [4.78, 5) is 2.57. The zero-order valence-corrected chi connectivity index (χ0v) is 9.63. The van der Waals surface area contributed by atoms with Gasteiger partial charge in [-0.2, -0.15) is 0 Å². The van der Waals surface area contributed by atoms with E-state index in [0.29, 0.717) is 12.0 Å². The molecule has 0 bridgehead atoms. The molecule has 1 fully saturated rings. The summed E-state index contributed by atoms with van der Waals surface area (Å²) in [6.45, 7) is 14.3. The summed E-state index contributed by atoms with van der Waals surface area (Å²) in [6, 6.07) is 0.591. The minimum Gasteiger partial charge on any atom is -0.378 e. The first-order valence-electron chi connectivity index (χ1n) is 5.27. The highest BCUT2D eigenvalue weighted by Crippen LogP contribution is 2.24. The molecule has 0 aromatic carbocycles. The third kappa shape index (κ3) is 2.68. The predicted molar refractivity (Wildman–Crippen MR) is 55.9 cm³/mol. The van der Waals surface area contributed by atoms with Gasteiger partial charge in [-0.1, -0.05) is 13.8 Å². The molecule has 0 aromatic rings. The lowest BCUT2D eigenvalue weighted by Crippen LogP contribution is -2.56. The number of hydrogen-bond acceptors (Lipinski definition) is 2. The van der Waals surface area contributed by atoms with Crippen LogP contribution in [-0.2, 0) is 4.74 Å². The Morgan fingerprint density at radius 3 is 2.31 bits per heavy atom. The van der Waals surface area contributed by atoms with Gasteiger partial charge in [-0.3, -0.25) is 4.90 Å². The highest BCUT2D eigenvalue weighted by molar-refractivity contribution is 4.86. The van der Waals surface area contributed by atoms with Gasteiger partial charge in [-0.05, 0) is 26.7 Å². The molecule has 0 spiro atoms. The van der Waals surface area contributed by atoms with E-state index in [2.05, 4.69) is 39.5 Å². The van der Waals surface area contributed by atoms with Gasteiger partial charge in [0.15, 0.2) is 0 Å². The molecule has 0 N–H and O–H groups in total. The Labute approximate surface area is 82.3 Å². The maximum absolute atomic E-state index is 5.53. The fourth-order valence-electron chi connectivity index (χ4n) is 2.01. The van der Waals surface area contributed by atoms with Gasteiger partial charge in [0.2, 0.25) is 0 Å². The van der Waals surface area contributed by atoms with Crippen molar-refractivity contribution in [1.29, 1.82) is 0 Å². The molecule has 0 aromatic heterocycles. The van der Waals surface area contributed by atoms with Gasteiger partial charge in [-0.25, -0.2) is 0 Å². The van der Waals surface area contributed by atoms with E-state index in [0.717, 1.165) is 19.8 Å². The second-order valence-corrected chi connectivity index (χ2v) is 5.25. The second-order valence-electron chi connectivity index (χ2n) is 5.25. The molecular weight excluding hydrogens is 162 g/mol. The molecule has 1 rings (SSSR count). The molecule has 0 aliphatic carbocycles. The van der Waals surface area contributed by atoms with Crippen molar-refractivity contribution in [2.45, 2.75) is 46.2 Å². The van der Waals surface area contributed by atoms with Crippen molar-refractivity contribution in [3.63, 3.8) is 0 Å². The lowest BCUT2D eigenvalue weighted by Gasteiger charge is -2.46. The van der Waals surface area contributed by atoms with E-state index in [4.69, 9.17) is 4.74 Å². The van der Waals surface area contributed by atoms with Crippen molar-refractivity contribution >= 4 is 0 Å². The minimum absolute atomic E-state index is 0.277. The van der Waals surface area contributed by atoms with Gasteiger partial charge < -0.3 is 4.74 Å². The molecule has 0 amide bonds. The molecule has 2 nitrogen and oxygen atoms in total. The predicted octanol–water partition coefficient (Wildman–Crippen LogP) is 2.14. The van der Waals surface area contributed by atoms with Crippen molar-refractivity contribution in [2.24, 2.45) is 5.92 Å². The molecule has 1 atom stereocenters. The van der Waals surface area contributed by atoms with Gasteiger partial charge in [0.05, 0.1) is 13.2 Å². The van der Waals surface area contributed by atoms with Crippen LogP contribution in [0.2, 0.25) is 0 Å². The van der Waals surface area contributed by atoms with Gasteiger partial charge in [-0.15, -0.1) is 0 Å². The summed E-state index contributed by atoms with van der Waals surface area (Å²) in [7, 11) is 0. The summed E-state index contributed by atoms with van der Waals surface area (Å²) >= 11 is 0. The molecule has 2 heteroatoms. The van der Waals surface area contributed by atoms with Crippen molar-refractivity contribution in [3.8, 4) is 0 Å². The topological polar surface area (TPSA) is 12.5 Å². The maximum atomic E-state index is 5.53. The molecule has 0 unspecified atom stereocenters. The lowest BCUT2D eigenvalue weighted by atomic mass is 9.95. The summed E-state index contributed by atoms with van der Waals surface area (Å²) in [5, 5.41) is 0. The van der Waals surface area contributed by atoms with Crippen LogP contribution in [0.15, 0.2) is 0 Å². The van der Waals surface area contributed by atoms with Crippen molar-refractivity contribution in [2.75, 3.05) is 19.8 Å². The molecule has 1 heterocycles. The molecule has 1 aliphatic heterocycles. The molecule has 13 heavy (non-hydrogen) atoms. The average Bonchev–Trinajstić information content (AvgIpc) is 2.03. The SMILES string of the molecule is CC(C)[C@H]1COCCN1C(C)(C)C. The Bertz CT molecular complexity index is 160. The van der Waals surface area contributed by atoms with E-state index in [9.17, 15) is 0 Å². The summed E-state index contributed by atoms with van der Waals surface area (Å²) in [6.07, 6.45) is 0. The fourth-order valence-corrected chi connectivity index (χ4v) is 2.01. The first-order valence-corrected chi connectivity index (χ1v) is 5.27. The Hall–Kier alpha value is -0.0800. The van der Waals surface area contributed by atoms with Crippen molar-refractivity contribution in [1.82, 2.24) is 4.90 Å². The molecule has 0 saturated carbocycles. The number of rotatable bonds is 1. The third-order valence-corrected chi connectivity index (χ3v) is 2.80. The zero-order valence-electron chi connectivity index (χ0n) is 9.63. The minimum atomic E-state index is 0.277. The monoisotopic (exact) mass is 185 g/mol. The van der Waals surface area contributed by atoms with Crippen LogP contribution in [0.5, 0.6) is 0 Å². The quantitative estimate of drug-likeness (QED) is 0.620. The van der Waals surface area contributed by atoms with Crippen LogP contribution in [-0.4, -0.2) is 36.2 Å². The van der Waals surface area contributed by atoms with E-state index in [1.54, 1.807) is 0 Å². The average molecular weight is 185 g/mol. The zero-order chi connectivity index (χ0) is 10.1. The summed E-state index contributed by atoms with van der Waals surface area (Å²) in [5.74, 6) is 0.680. The normalized spacial score (nSPS) is 26.8. The lowest BCUT2D eigenvalue weighted by molar-refractivity contribution is -0.0645. The van der Waals surface area contributed by atoms with Gasteiger partial charge in [0.25, 0.3) is 0 Å². The highest BCUT2D eigenvalue weighted by Gasteiger charge is 2.32. The van der Waals surface area contributed by atoms with Crippen molar-refractivity contribution in [3.05, 3.63) is 0 Å². The Balaban J connectivity index is 2.67. The van der Waals surface area contributed by atoms with Gasteiger partial charge in [0.1, 0.15) is 0 Å². The molecular formula is C11H23NO. The van der Waals surface area contributed by atoms with Crippen LogP contribution in [0.4, 0.5) is 0 Å². The third-order valence-electron chi connectivity index (χ3n) is 2.80. The van der Waals surface area contributed by atoms with E-state index in [1.165, 1.54) is 0 Å². The fraction of sp³-hybridized carbons (Fsp3) is 1.00. The van der Waals surface area contributed by atoms with Crippen molar-refractivity contribution < 1.29 is 4.74 Å². The maximum Gasteiger partial charge on any atom is 0.0625 e. The molecule has 78 valence electrons. The largest absolute Gasteiger partial charge is 0.378 e. The van der Waals surface area contributed by atoms with Crippen LogP contribution >= 0.6 is 0 Å². The van der Waals surface area contributed by atoms with Crippen LogP contribution < -0.4 is 0 Å². The molecule has 1 saturated heterocycles. The van der Waals surface area contributed by atoms with E-state index in [-0.39, 0.29) is 5.54 Å².